The first-order valence-electron chi connectivity index (χ1n) is 11.5. The van der Waals surface area contributed by atoms with Crippen molar-refractivity contribution < 1.29 is 38.6 Å². The highest BCUT2D eigenvalue weighted by Gasteiger charge is 2.42. The van der Waals surface area contributed by atoms with Crippen molar-refractivity contribution in [2.24, 2.45) is 0 Å². The molecule has 3 amide bonds. The van der Waals surface area contributed by atoms with E-state index in [1.165, 1.54) is 11.9 Å². The number of aliphatic carboxylic acids is 1. The number of alkyl carbamates (subject to hydrolysis) is 1. The van der Waals surface area contributed by atoms with Gasteiger partial charge in [-0.05, 0) is 67.2 Å². The number of unbranched alkanes of at least 4 members (excludes halogenated alkanes) is 1. The van der Waals surface area contributed by atoms with Gasteiger partial charge in [-0.1, -0.05) is 0 Å². The van der Waals surface area contributed by atoms with Gasteiger partial charge in [0.15, 0.2) is 0 Å². The summed E-state index contributed by atoms with van der Waals surface area (Å²) >= 11 is 0. The number of hydrogen-bond donors (Lipinski definition) is 2. The lowest BCUT2D eigenvalue weighted by Gasteiger charge is -2.40. The third-order valence-electron chi connectivity index (χ3n) is 5.01. The minimum Gasteiger partial charge on any atom is -0.480 e. The Balaban J connectivity index is 2.70. The zero-order chi connectivity index (χ0) is 26.3. The number of piperazine rings is 1. The van der Waals surface area contributed by atoms with Crippen LogP contribution in [0.4, 0.5) is 4.79 Å². The molecular formula is C23H39N3O8. The molecule has 0 radical (unpaired) electrons. The highest BCUT2D eigenvalue weighted by Crippen LogP contribution is 2.21. The van der Waals surface area contributed by atoms with Crippen LogP contribution in [0.1, 0.15) is 73.6 Å². The van der Waals surface area contributed by atoms with E-state index in [1.54, 1.807) is 41.5 Å². The van der Waals surface area contributed by atoms with Gasteiger partial charge in [-0.2, -0.15) is 0 Å². The molecule has 1 rings (SSSR count). The molecule has 1 heterocycles. The molecule has 0 aromatic rings. The summed E-state index contributed by atoms with van der Waals surface area (Å²) in [7, 11) is 1.47. The lowest BCUT2D eigenvalue weighted by molar-refractivity contribution is -0.164. The molecule has 1 aliphatic heterocycles. The number of carboxylic acid groups (broad SMARTS) is 1. The third-order valence-corrected chi connectivity index (χ3v) is 5.01. The monoisotopic (exact) mass is 485 g/mol. The largest absolute Gasteiger partial charge is 0.480 e. The van der Waals surface area contributed by atoms with E-state index in [2.05, 4.69) is 5.32 Å². The lowest BCUT2D eigenvalue weighted by Crippen LogP contribution is -2.62. The summed E-state index contributed by atoms with van der Waals surface area (Å²) in [6, 6.07) is -2.12. The summed E-state index contributed by atoms with van der Waals surface area (Å²) in [5.41, 5.74) is -1.29. The Morgan fingerprint density at radius 2 is 1.65 bits per heavy atom. The van der Waals surface area contributed by atoms with Gasteiger partial charge in [-0.15, -0.1) is 0 Å². The Labute approximate surface area is 201 Å². The summed E-state index contributed by atoms with van der Waals surface area (Å²) in [5, 5.41) is 12.3. The van der Waals surface area contributed by atoms with Crippen molar-refractivity contribution in [3.63, 3.8) is 0 Å². The maximum Gasteiger partial charge on any atom is 0.407 e. The molecule has 11 heteroatoms. The van der Waals surface area contributed by atoms with Gasteiger partial charge < -0.3 is 29.7 Å². The minimum absolute atomic E-state index is 0.0403. The number of amides is 3. The molecule has 2 N–H and O–H groups in total. The quantitative estimate of drug-likeness (QED) is 0.353. The van der Waals surface area contributed by atoms with Crippen LogP contribution < -0.4 is 5.32 Å². The molecule has 0 unspecified atom stereocenters. The Morgan fingerprint density at radius 1 is 1.06 bits per heavy atom. The molecule has 1 fully saturated rings. The van der Waals surface area contributed by atoms with Crippen LogP contribution in [-0.4, -0.2) is 88.2 Å². The van der Waals surface area contributed by atoms with Gasteiger partial charge in [0.2, 0.25) is 11.8 Å². The average molecular weight is 486 g/mol. The van der Waals surface area contributed by atoms with Gasteiger partial charge in [0, 0.05) is 20.0 Å². The second-order valence-electron chi connectivity index (χ2n) is 10.4. The number of hydrogen-bond acceptors (Lipinski definition) is 7. The number of nitrogens with zero attached hydrogens (tertiary/aromatic N) is 2. The Kier molecular flexibility index (Phi) is 10.3. The number of carboxylic acids is 1. The Bertz CT molecular complexity index is 769. The standard InChI is InChI=1S/C23H39N3O8/c1-22(2,3)33-18(28)12-11-15-19(29)26(14-17(27)25(15)7)16(20(30)31)10-8-9-13-24-21(32)34-23(4,5)6/h15-16H,8-14H2,1-7H3,(H,24,32)(H,30,31)/t15-,16-/m0/s1. The number of ether oxygens (including phenoxy) is 2. The maximum absolute atomic E-state index is 13.1. The summed E-state index contributed by atoms with van der Waals surface area (Å²) < 4.78 is 10.4. The van der Waals surface area contributed by atoms with E-state index in [9.17, 15) is 29.1 Å². The highest BCUT2D eigenvalue weighted by molar-refractivity contribution is 5.97. The van der Waals surface area contributed by atoms with Gasteiger partial charge >= 0.3 is 18.0 Å². The van der Waals surface area contributed by atoms with E-state index in [0.29, 0.717) is 12.8 Å². The number of rotatable bonds is 10. The SMILES string of the molecule is CN1C(=O)CN([C@@H](CCCCNC(=O)OC(C)(C)C)C(=O)O)C(=O)[C@@H]1CCC(=O)OC(C)(C)C. The molecule has 34 heavy (non-hydrogen) atoms. The van der Waals surface area contributed by atoms with Crippen molar-refractivity contribution in [2.75, 3.05) is 20.1 Å². The van der Waals surface area contributed by atoms with E-state index >= 15 is 0 Å². The van der Waals surface area contributed by atoms with Crippen LogP contribution in [0.3, 0.4) is 0 Å². The molecule has 0 aromatic heterocycles. The molecular weight excluding hydrogens is 446 g/mol. The molecule has 2 atom stereocenters. The molecule has 0 bridgehead atoms. The first-order valence-corrected chi connectivity index (χ1v) is 11.5. The fourth-order valence-electron chi connectivity index (χ4n) is 3.47. The predicted octanol–water partition coefficient (Wildman–Crippen LogP) is 1.93. The van der Waals surface area contributed by atoms with Crippen molar-refractivity contribution in [3.05, 3.63) is 0 Å². The molecule has 1 saturated heterocycles. The van der Waals surface area contributed by atoms with E-state index in [1.807, 2.05) is 0 Å². The first-order chi connectivity index (χ1) is 15.5. The van der Waals surface area contributed by atoms with Gasteiger partial charge in [-0.25, -0.2) is 9.59 Å². The molecule has 0 spiro atoms. The number of carbonyl (C=O) groups is 5. The van der Waals surface area contributed by atoms with E-state index in [4.69, 9.17) is 9.47 Å². The van der Waals surface area contributed by atoms with E-state index in [0.717, 1.165) is 4.90 Å². The predicted molar refractivity (Wildman–Crippen MR) is 123 cm³/mol. The summed E-state index contributed by atoms with van der Waals surface area (Å²) in [4.78, 5) is 63.6. The molecule has 0 aliphatic carbocycles. The van der Waals surface area contributed by atoms with Crippen molar-refractivity contribution in [1.82, 2.24) is 15.1 Å². The van der Waals surface area contributed by atoms with Crippen LogP contribution in [0.2, 0.25) is 0 Å². The molecule has 0 aromatic carbocycles. The first kappa shape index (κ1) is 29.2. The van der Waals surface area contributed by atoms with Crippen LogP contribution in [0, 0.1) is 0 Å². The van der Waals surface area contributed by atoms with Crippen LogP contribution in [-0.2, 0) is 28.7 Å². The Morgan fingerprint density at radius 3 is 2.18 bits per heavy atom. The van der Waals surface area contributed by atoms with Crippen molar-refractivity contribution in [3.8, 4) is 0 Å². The molecule has 11 nitrogen and oxygen atoms in total. The fourth-order valence-corrected chi connectivity index (χ4v) is 3.47. The lowest BCUT2D eigenvalue weighted by atomic mass is 10.0. The van der Waals surface area contributed by atoms with E-state index < -0.39 is 53.1 Å². The highest BCUT2D eigenvalue weighted by atomic mass is 16.6. The van der Waals surface area contributed by atoms with E-state index in [-0.39, 0.29) is 32.4 Å². The number of nitrogens with one attached hydrogen (secondary N) is 1. The minimum atomic E-state index is -1.21. The second-order valence-corrected chi connectivity index (χ2v) is 10.4. The summed E-state index contributed by atoms with van der Waals surface area (Å²) in [5.74, 6) is -2.61. The van der Waals surface area contributed by atoms with Crippen LogP contribution >= 0.6 is 0 Å². The normalized spacial score (nSPS) is 17.9. The van der Waals surface area contributed by atoms with Crippen molar-refractivity contribution in [1.29, 1.82) is 0 Å². The van der Waals surface area contributed by atoms with Crippen LogP contribution in [0.5, 0.6) is 0 Å². The van der Waals surface area contributed by atoms with Crippen LogP contribution in [0.25, 0.3) is 0 Å². The Hall–Kier alpha value is -2.85. The molecule has 1 aliphatic rings. The van der Waals surface area contributed by atoms with Gasteiger partial charge in [0.25, 0.3) is 0 Å². The van der Waals surface area contributed by atoms with Crippen molar-refractivity contribution in [2.45, 2.75) is 96.9 Å². The summed E-state index contributed by atoms with van der Waals surface area (Å²) in [6.07, 6.45) is 0.401. The zero-order valence-corrected chi connectivity index (χ0v) is 21.3. The van der Waals surface area contributed by atoms with Gasteiger partial charge in [-0.3, -0.25) is 14.4 Å². The third kappa shape index (κ3) is 9.96. The number of carbonyl (C=O) groups excluding carboxylic acids is 4. The second kappa shape index (κ2) is 12.0. The van der Waals surface area contributed by atoms with Crippen LogP contribution in [0.15, 0.2) is 0 Å². The number of esters is 1. The van der Waals surface area contributed by atoms with Gasteiger partial charge in [0.05, 0.1) is 0 Å². The molecule has 194 valence electrons. The fraction of sp³-hybridized carbons (Fsp3) is 0.783. The van der Waals surface area contributed by atoms with Gasteiger partial charge in [0.1, 0.15) is 29.8 Å². The van der Waals surface area contributed by atoms with Crippen molar-refractivity contribution >= 4 is 29.8 Å². The zero-order valence-electron chi connectivity index (χ0n) is 21.3. The summed E-state index contributed by atoms with van der Waals surface area (Å²) in [6.45, 7) is 10.4. The smallest absolute Gasteiger partial charge is 0.407 e. The molecule has 0 saturated carbocycles. The average Bonchev–Trinajstić information content (AvgIpc) is 2.64. The maximum atomic E-state index is 13.1. The number of likely N-dealkylation sites (N-methyl/N-ethyl adjacent to an activating group) is 1. The topological polar surface area (TPSA) is 143 Å².